The highest BCUT2D eigenvalue weighted by atomic mass is 35.5. The van der Waals surface area contributed by atoms with Crippen LogP contribution in [0.15, 0.2) is 54.1 Å². The van der Waals surface area contributed by atoms with Crippen LogP contribution in [0.5, 0.6) is 0 Å². The van der Waals surface area contributed by atoms with E-state index in [9.17, 15) is 13.5 Å². The van der Waals surface area contributed by atoms with Crippen LogP contribution >= 0.6 is 11.6 Å². The van der Waals surface area contributed by atoms with Gasteiger partial charge in [-0.2, -0.15) is 4.31 Å². The Morgan fingerprint density at radius 1 is 1.22 bits per heavy atom. The van der Waals surface area contributed by atoms with Crippen molar-refractivity contribution in [3.63, 3.8) is 0 Å². The molecule has 1 aromatic heterocycles. The number of hydrogen-bond acceptors (Lipinski definition) is 6. The van der Waals surface area contributed by atoms with Gasteiger partial charge in [-0.15, -0.1) is 6.58 Å². The summed E-state index contributed by atoms with van der Waals surface area (Å²) in [6.07, 6.45) is 2.79. The molecule has 27 heavy (non-hydrogen) atoms. The average molecular weight is 407 g/mol. The molecule has 1 N–H and O–H groups in total. The van der Waals surface area contributed by atoms with E-state index >= 15 is 0 Å². The predicted molar refractivity (Wildman–Crippen MR) is 102 cm³/mol. The van der Waals surface area contributed by atoms with E-state index in [2.05, 4.69) is 21.4 Å². The van der Waals surface area contributed by atoms with Crippen molar-refractivity contribution in [1.82, 2.24) is 14.3 Å². The lowest BCUT2D eigenvalue weighted by molar-refractivity contribution is 0.218. The lowest BCUT2D eigenvalue weighted by Crippen LogP contribution is -2.49. The van der Waals surface area contributed by atoms with E-state index in [1.165, 1.54) is 18.2 Å². The molecule has 4 rings (SSSR count). The van der Waals surface area contributed by atoms with Crippen molar-refractivity contribution in [3.8, 4) is 0 Å². The maximum atomic E-state index is 13.0. The molecule has 3 atom stereocenters. The number of piperazine rings is 1. The monoisotopic (exact) mass is 406 g/mol. The number of sulfonamides is 1. The molecule has 2 aliphatic heterocycles. The Balaban J connectivity index is 1.54. The quantitative estimate of drug-likeness (QED) is 0.764. The van der Waals surface area contributed by atoms with Crippen molar-refractivity contribution in [2.45, 2.75) is 29.5 Å². The van der Waals surface area contributed by atoms with Crippen LogP contribution in [0.25, 0.3) is 0 Å². The summed E-state index contributed by atoms with van der Waals surface area (Å²) in [5.41, 5.74) is 0. The second kappa shape index (κ2) is 6.87. The smallest absolute Gasteiger partial charge is 0.243 e. The van der Waals surface area contributed by atoms with Gasteiger partial charge in [-0.1, -0.05) is 17.7 Å². The molecular formula is C18H19ClN4O3S. The molecule has 2 bridgehead atoms. The molecule has 2 aliphatic rings. The number of rotatable bonds is 5. The molecule has 0 amide bonds. The summed E-state index contributed by atoms with van der Waals surface area (Å²) in [6.45, 7) is 4.50. The maximum Gasteiger partial charge on any atom is 0.243 e. The number of halogens is 1. The van der Waals surface area contributed by atoms with Gasteiger partial charge in [0.05, 0.1) is 4.90 Å². The van der Waals surface area contributed by atoms with E-state index in [1.807, 2.05) is 0 Å². The summed E-state index contributed by atoms with van der Waals surface area (Å²) >= 11 is 5.87. The highest BCUT2D eigenvalue weighted by Gasteiger charge is 2.48. The zero-order valence-electron chi connectivity index (χ0n) is 14.4. The Kier molecular flexibility index (Phi) is 4.67. The van der Waals surface area contributed by atoms with Gasteiger partial charge in [0.15, 0.2) is 5.82 Å². The van der Waals surface area contributed by atoms with E-state index in [0.29, 0.717) is 23.9 Å². The fourth-order valence-corrected chi connectivity index (χ4v) is 5.51. The molecule has 2 saturated heterocycles. The molecule has 1 unspecified atom stereocenters. The van der Waals surface area contributed by atoms with Crippen LogP contribution in [0.1, 0.15) is 18.3 Å². The molecule has 2 aromatic rings. The average Bonchev–Trinajstić information content (AvgIpc) is 3.29. The molecule has 2 fully saturated rings. The van der Waals surface area contributed by atoms with Gasteiger partial charge in [-0.05, 0) is 36.8 Å². The van der Waals surface area contributed by atoms with Crippen molar-refractivity contribution in [3.05, 3.63) is 60.0 Å². The molecule has 0 spiro atoms. The van der Waals surface area contributed by atoms with Crippen LogP contribution in [0.3, 0.4) is 0 Å². The topological polar surface area (TPSA) is 86.6 Å². The van der Waals surface area contributed by atoms with Crippen LogP contribution in [-0.2, 0) is 10.0 Å². The van der Waals surface area contributed by atoms with Crippen LogP contribution < -0.4 is 4.90 Å². The zero-order valence-corrected chi connectivity index (χ0v) is 16.0. The van der Waals surface area contributed by atoms with Crippen LogP contribution in [0.4, 0.5) is 5.82 Å². The first-order valence-electron chi connectivity index (χ1n) is 8.58. The van der Waals surface area contributed by atoms with Crippen LogP contribution in [0, 0.1) is 0 Å². The molecule has 142 valence electrons. The molecule has 9 heteroatoms. The number of nitrogens with zero attached hydrogens (tertiary/aromatic N) is 4. The molecule has 3 heterocycles. The molecule has 7 nitrogen and oxygen atoms in total. The second-order valence-electron chi connectivity index (χ2n) is 6.68. The molecule has 0 radical (unpaired) electrons. The Morgan fingerprint density at radius 2 is 1.96 bits per heavy atom. The predicted octanol–water partition coefficient (Wildman–Crippen LogP) is 2.00. The summed E-state index contributed by atoms with van der Waals surface area (Å²) in [6, 6.07) is 7.95. The summed E-state index contributed by atoms with van der Waals surface area (Å²) in [5, 5.41) is 10.4. The first-order chi connectivity index (χ1) is 12.9. The van der Waals surface area contributed by atoms with E-state index in [4.69, 9.17) is 11.6 Å². The summed E-state index contributed by atoms with van der Waals surface area (Å²) in [7, 11) is -3.56. The van der Waals surface area contributed by atoms with Gasteiger partial charge in [-0.25, -0.2) is 18.4 Å². The van der Waals surface area contributed by atoms with Gasteiger partial charge in [0.25, 0.3) is 0 Å². The normalized spacial score (nSPS) is 23.6. The molecule has 1 aromatic carbocycles. The number of aliphatic hydroxyl groups excluding tert-OH is 1. The SMILES string of the molecule is C=C[C@@H](O)c1nccc(N2C[C@@H]3CC2CN3S(=O)(=O)c2ccc(Cl)cc2)n1. The number of aromatic nitrogens is 2. The van der Waals surface area contributed by atoms with Gasteiger partial charge < -0.3 is 10.0 Å². The summed E-state index contributed by atoms with van der Waals surface area (Å²) in [5.74, 6) is 0.979. The van der Waals surface area contributed by atoms with Gasteiger partial charge >= 0.3 is 0 Å². The van der Waals surface area contributed by atoms with Crippen molar-refractivity contribution in [1.29, 1.82) is 0 Å². The first kappa shape index (κ1) is 18.4. The van der Waals surface area contributed by atoms with Crippen LogP contribution in [-0.4, -0.2) is 53.0 Å². The largest absolute Gasteiger partial charge is 0.381 e. The first-order valence-corrected chi connectivity index (χ1v) is 10.4. The maximum absolute atomic E-state index is 13.0. The Morgan fingerprint density at radius 3 is 2.59 bits per heavy atom. The van der Waals surface area contributed by atoms with Crippen LogP contribution in [0.2, 0.25) is 5.02 Å². The van der Waals surface area contributed by atoms with E-state index in [-0.39, 0.29) is 22.8 Å². The number of fused-ring (bicyclic) bond motifs is 2. The van der Waals surface area contributed by atoms with E-state index < -0.39 is 16.1 Å². The minimum atomic E-state index is -3.56. The summed E-state index contributed by atoms with van der Waals surface area (Å²) in [4.78, 5) is 10.8. The lowest BCUT2D eigenvalue weighted by Gasteiger charge is -2.34. The Hall–Kier alpha value is -2.00. The van der Waals surface area contributed by atoms with Crippen molar-refractivity contribution in [2.75, 3.05) is 18.0 Å². The minimum Gasteiger partial charge on any atom is -0.381 e. The van der Waals surface area contributed by atoms with Gasteiger partial charge in [0, 0.05) is 36.4 Å². The number of hydrogen-bond donors (Lipinski definition) is 1. The third-order valence-corrected chi connectivity index (χ3v) is 7.24. The van der Waals surface area contributed by atoms with E-state index in [1.54, 1.807) is 28.7 Å². The summed E-state index contributed by atoms with van der Waals surface area (Å²) < 4.78 is 27.5. The van der Waals surface area contributed by atoms with Gasteiger partial charge in [0.2, 0.25) is 10.0 Å². The van der Waals surface area contributed by atoms with Gasteiger partial charge in [-0.3, -0.25) is 0 Å². The van der Waals surface area contributed by atoms with Crippen molar-refractivity contribution in [2.24, 2.45) is 0 Å². The van der Waals surface area contributed by atoms with Crippen molar-refractivity contribution < 1.29 is 13.5 Å². The number of benzene rings is 1. The highest BCUT2D eigenvalue weighted by Crippen LogP contribution is 2.37. The molecule has 0 aliphatic carbocycles. The molecule has 0 saturated carbocycles. The molecular weight excluding hydrogens is 388 g/mol. The Labute approximate surface area is 163 Å². The Bertz CT molecular complexity index is 967. The fraction of sp³-hybridized carbons (Fsp3) is 0.333. The highest BCUT2D eigenvalue weighted by molar-refractivity contribution is 7.89. The second-order valence-corrected chi connectivity index (χ2v) is 9.00. The van der Waals surface area contributed by atoms with E-state index in [0.717, 1.165) is 6.42 Å². The third-order valence-electron chi connectivity index (χ3n) is 5.05. The number of aliphatic hydroxyl groups is 1. The fourth-order valence-electron chi connectivity index (χ4n) is 3.72. The zero-order chi connectivity index (χ0) is 19.2. The number of anilines is 1. The van der Waals surface area contributed by atoms with Gasteiger partial charge in [0.1, 0.15) is 11.9 Å². The lowest BCUT2D eigenvalue weighted by atomic mass is 10.2. The standard InChI is InChI=1S/C18H19ClN4O3S/c1-2-16(24)18-20-8-7-17(21-18)22-10-14-9-13(22)11-23(14)27(25,26)15-5-3-12(19)4-6-15/h2-8,13-14,16,24H,1,9-11H2/t13?,14-,16+/m0/s1. The third kappa shape index (κ3) is 3.23. The van der Waals surface area contributed by atoms with Crippen molar-refractivity contribution >= 4 is 27.4 Å². The minimum absolute atomic E-state index is 0.0423.